The third-order valence-corrected chi connectivity index (χ3v) is 5.99. The van der Waals surface area contributed by atoms with Gasteiger partial charge in [-0.25, -0.2) is 4.98 Å². The summed E-state index contributed by atoms with van der Waals surface area (Å²) in [5.74, 6) is 0.745. The SMILES string of the molecule is CCn1cnc2c1c(=O)n1nc(NC3CCCC3)cc1n2Cc1ccc(Cl)cc1. The second-order valence-electron chi connectivity index (χ2n) is 7.65. The lowest BCUT2D eigenvalue weighted by Gasteiger charge is -2.11. The number of fused-ring (bicyclic) bond motifs is 2. The highest BCUT2D eigenvalue weighted by molar-refractivity contribution is 6.30. The average molecular weight is 411 g/mol. The van der Waals surface area contributed by atoms with Gasteiger partial charge in [-0.2, -0.15) is 4.52 Å². The number of halogens is 1. The van der Waals surface area contributed by atoms with Crippen molar-refractivity contribution >= 4 is 34.2 Å². The van der Waals surface area contributed by atoms with Gasteiger partial charge in [0.1, 0.15) is 5.65 Å². The number of anilines is 1. The van der Waals surface area contributed by atoms with Crippen LogP contribution in [0.3, 0.4) is 0 Å². The normalized spacial score (nSPS) is 15.0. The van der Waals surface area contributed by atoms with Crippen molar-refractivity contribution in [2.75, 3.05) is 5.32 Å². The molecular formula is C21H23ClN6O. The van der Waals surface area contributed by atoms with Crippen LogP contribution in [0.5, 0.6) is 0 Å². The minimum Gasteiger partial charge on any atom is -0.366 e. The molecule has 1 saturated carbocycles. The lowest BCUT2D eigenvalue weighted by Crippen LogP contribution is -2.22. The van der Waals surface area contributed by atoms with Crippen LogP contribution in [0.15, 0.2) is 41.5 Å². The molecule has 7 nitrogen and oxygen atoms in total. The molecule has 3 heterocycles. The van der Waals surface area contributed by atoms with Crippen LogP contribution in [0.25, 0.3) is 16.8 Å². The zero-order valence-corrected chi connectivity index (χ0v) is 17.1. The van der Waals surface area contributed by atoms with Crippen molar-refractivity contribution in [1.82, 2.24) is 23.7 Å². The highest BCUT2D eigenvalue weighted by atomic mass is 35.5. The quantitative estimate of drug-likeness (QED) is 0.541. The highest BCUT2D eigenvalue weighted by Crippen LogP contribution is 2.24. The van der Waals surface area contributed by atoms with Gasteiger partial charge >= 0.3 is 5.56 Å². The molecule has 0 saturated heterocycles. The smallest absolute Gasteiger partial charge is 0.300 e. The van der Waals surface area contributed by atoms with Gasteiger partial charge in [0.05, 0.1) is 12.9 Å². The number of hydrogen-bond donors (Lipinski definition) is 1. The third kappa shape index (κ3) is 3.19. The maximum Gasteiger partial charge on any atom is 0.300 e. The van der Waals surface area contributed by atoms with Crippen LogP contribution in [0.4, 0.5) is 5.82 Å². The van der Waals surface area contributed by atoms with Gasteiger partial charge in [0.15, 0.2) is 17.0 Å². The molecule has 0 unspecified atom stereocenters. The fraction of sp³-hybridized carbons (Fsp3) is 0.381. The molecule has 5 rings (SSSR count). The Labute approximate surface area is 172 Å². The van der Waals surface area contributed by atoms with Crippen molar-refractivity contribution in [3.63, 3.8) is 0 Å². The molecule has 1 fully saturated rings. The molecule has 0 spiro atoms. The lowest BCUT2D eigenvalue weighted by molar-refractivity contribution is 0.741. The fourth-order valence-corrected chi connectivity index (χ4v) is 4.35. The van der Waals surface area contributed by atoms with E-state index in [0.717, 1.165) is 29.9 Å². The first-order chi connectivity index (χ1) is 14.1. The number of nitrogens with one attached hydrogen (secondary N) is 1. The molecule has 0 bridgehead atoms. The highest BCUT2D eigenvalue weighted by Gasteiger charge is 2.20. The number of imidazole rings is 1. The van der Waals surface area contributed by atoms with Gasteiger partial charge in [-0.1, -0.05) is 36.6 Å². The van der Waals surface area contributed by atoms with Gasteiger partial charge in [0, 0.05) is 23.7 Å². The Bertz CT molecular complexity index is 1230. The molecule has 3 aromatic heterocycles. The Morgan fingerprint density at radius 3 is 2.69 bits per heavy atom. The molecule has 1 aromatic carbocycles. The molecule has 150 valence electrons. The molecule has 4 aromatic rings. The van der Waals surface area contributed by atoms with Crippen LogP contribution in [0, 0.1) is 0 Å². The maximum absolute atomic E-state index is 13.2. The van der Waals surface area contributed by atoms with Crippen LogP contribution < -0.4 is 10.9 Å². The number of rotatable bonds is 5. The minimum atomic E-state index is -0.138. The Morgan fingerprint density at radius 2 is 1.97 bits per heavy atom. The number of hydrogen-bond acceptors (Lipinski definition) is 4. The van der Waals surface area contributed by atoms with Crippen LogP contribution >= 0.6 is 11.6 Å². The molecular weight excluding hydrogens is 388 g/mol. The van der Waals surface area contributed by atoms with E-state index in [0.29, 0.717) is 35.3 Å². The predicted molar refractivity (Wildman–Crippen MR) is 115 cm³/mol. The summed E-state index contributed by atoms with van der Waals surface area (Å²) in [5, 5.41) is 8.81. The summed E-state index contributed by atoms with van der Waals surface area (Å²) in [7, 11) is 0. The summed E-state index contributed by atoms with van der Waals surface area (Å²) in [5.41, 5.74) is 2.93. The molecule has 1 aliphatic carbocycles. The van der Waals surface area contributed by atoms with E-state index < -0.39 is 0 Å². The number of aromatic nitrogens is 5. The van der Waals surface area contributed by atoms with E-state index in [4.69, 9.17) is 11.6 Å². The molecule has 0 aliphatic heterocycles. The van der Waals surface area contributed by atoms with E-state index in [-0.39, 0.29) is 5.56 Å². The van der Waals surface area contributed by atoms with E-state index in [9.17, 15) is 4.79 Å². The summed E-state index contributed by atoms with van der Waals surface area (Å²) in [6, 6.07) is 10.1. The van der Waals surface area contributed by atoms with E-state index >= 15 is 0 Å². The number of benzene rings is 1. The van der Waals surface area contributed by atoms with E-state index in [1.54, 1.807) is 6.33 Å². The largest absolute Gasteiger partial charge is 0.366 e. The van der Waals surface area contributed by atoms with Crippen LogP contribution in [0.2, 0.25) is 5.02 Å². The van der Waals surface area contributed by atoms with Crippen molar-refractivity contribution < 1.29 is 0 Å². The van der Waals surface area contributed by atoms with Gasteiger partial charge in [0.2, 0.25) is 0 Å². The first-order valence-electron chi connectivity index (χ1n) is 10.1. The Balaban J connectivity index is 1.68. The van der Waals surface area contributed by atoms with Crippen molar-refractivity contribution in [2.24, 2.45) is 0 Å². The first-order valence-corrected chi connectivity index (χ1v) is 10.5. The fourth-order valence-electron chi connectivity index (χ4n) is 4.23. The van der Waals surface area contributed by atoms with Crippen molar-refractivity contribution in [2.45, 2.75) is 51.7 Å². The molecule has 29 heavy (non-hydrogen) atoms. The average Bonchev–Trinajstić information content (AvgIpc) is 3.46. The Morgan fingerprint density at radius 1 is 1.21 bits per heavy atom. The lowest BCUT2D eigenvalue weighted by atomic mass is 10.2. The van der Waals surface area contributed by atoms with Gasteiger partial charge in [-0.05, 0) is 37.5 Å². The van der Waals surface area contributed by atoms with Crippen LogP contribution in [-0.2, 0) is 13.1 Å². The third-order valence-electron chi connectivity index (χ3n) is 5.74. The number of aryl methyl sites for hydroxylation is 1. The summed E-state index contributed by atoms with van der Waals surface area (Å²) in [6.07, 6.45) is 6.49. The number of nitrogens with zero attached hydrogens (tertiary/aromatic N) is 5. The molecule has 1 N–H and O–H groups in total. The minimum absolute atomic E-state index is 0.138. The first kappa shape index (κ1) is 18.2. The van der Waals surface area contributed by atoms with E-state index in [2.05, 4.69) is 20.0 Å². The predicted octanol–water partition coefficient (Wildman–Crippen LogP) is 3.92. The topological polar surface area (TPSA) is 69.2 Å². The van der Waals surface area contributed by atoms with Gasteiger partial charge in [-0.3, -0.25) is 4.79 Å². The Kier molecular flexibility index (Phi) is 4.54. The van der Waals surface area contributed by atoms with Crippen LogP contribution in [-0.4, -0.2) is 29.8 Å². The van der Waals surface area contributed by atoms with E-state index in [1.165, 1.54) is 17.4 Å². The zero-order valence-electron chi connectivity index (χ0n) is 16.3. The molecule has 0 atom stereocenters. The summed E-state index contributed by atoms with van der Waals surface area (Å²) in [4.78, 5) is 17.8. The van der Waals surface area contributed by atoms with Gasteiger partial charge in [-0.15, -0.1) is 5.10 Å². The summed E-state index contributed by atoms with van der Waals surface area (Å²) >= 11 is 6.05. The second kappa shape index (κ2) is 7.22. The van der Waals surface area contributed by atoms with Crippen molar-refractivity contribution in [3.05, 3.63) is 57.6 Å². The van der Waals surface area contributed by atoms with Gasteiger partial charge < -0.3 is 14.5 Å². The Hall–Kier alpha value is -2.80. The summed E-state index contributed by atoms with van der Waals surface area (Å²) in [6.45, 7) is 3.25. The zero-order chi connectivity index (χ0) is 20.0. The standard InChI is InChI=1S/C21H23ClN6O/c1-2-26-13-23-20-19(26)21(29)28-18(11-17(25-28)24-16-5-3-4-6-16)27(20)12-14-7-9-15(22)10-8-14/h7-11,13,16H,2-6,12H2,1H3,(H,24,25). The molecule has 0 amide bonds. The van der Waals surface area contributed by atoms with Gasteiger partial charge in [0.25, 0.3) is 0 Å². The summed E-state index contributed by atoms with van der Waals surface area (Å²) < 4.78 is 5.43. The van der Waals surface area contributed by atoms with E-state index in [1.807, 2.05) is 41.8 Å². The molecule has 0 radical (unpaired) electrons. The van der Waals surface area contributed by atoms with Crippen molar-refractivity contribution in [1.29, 1.82) is 0 Å². The second-order valence-corrected chi connectivity index (χ2v) is 8.08. The maximum atomic E-state index is 13.2. The molecule has 8 heteroatoms. The van der Waals surface area contributed by atoms with Crippen LogP contribution in [0.1, 0.15) is 38.2 Å². The molecule has 1 aliphatic rings. The van der Waals surface area contributed by atoms with Crippen molar-refractivity contribution in [3.8, 4) is 0 Å². The monoisotopic (exact) mass is 410 g/mol.